The number of rotatable bonds is 6. The molecule has 2 aromatic rings. The summed E-state index contributed by atoms with van der Waals surface area (Å²) in [5.41, 5.74) is 0.341. The number of esters is 1. The predicted molar refractivity (Wildman–Crippen MR) is 113 cm³/mol. The zero-order valence-electron chi connectivity index (χ0n) is 18.3. The number of aromatic nitrogens is 2. The van der Waals surface area contributed by atoms with E-state index in [1.807, 2.05) is 0 Å². The van der Waals surface area contributed by atoms with Crippen molar-refractivity contribution in [3.8, 4) is 0 Å². The molecule has 0 radical (unpaired) electrons. The zero-order valence-corrected chi connectivity index (χ0v) is 18.3. The number of fused-ring (bicyclic) bond motifs is 1. The average molecular weight is 431 g/mol. The van der Waals surface area contributed by atoms with E-state index in [1.54, 1.807) is 26.8 Å². The van der Waals surface area contributed by atoms with Crippen molar-refractivity contribution >= 4 is 29.1 Å². The first-order valence-corrected chi connectivity index (χ1v) is 10.4. The Labute approximate surface area is 180 Å². The smallest absolute Gasteiger partial charge is 0.420 e. The van der Waals surface area contributed by atoms with Gasteiger partial charge in [0.15, 0.2) is 5.65 Å². The van der Waals surface area contributed by atoms with Crippen molar-refractivity contribution in [1.82, 2.24) is 14.9 Å². The van der Waals surface area contributed by atoms with E-state index in [9.17, 15) is 19.5 Å². The Kier molecular flexibility index (Phi) is 6.64. The number of carboxylic acids is 1. The van der Waals surface area contributed by atoms with Gasteiger partial charge < -0.3 is 19.9 Å². The first-order chi connectivity index (χ1) is 14.6. The van der Waals surface area contributed by atoms with Crippen LogP contribution in [0.4, 0.5) is 4.79 Å². The van der Waals surface area contributed by atoms with Crippen molar-refractivity contribution in [2.75, 3.05) is 7.11 Å². The Bertz CT molecular complexity index is 985. The van der Waals surface area contributed by atoms with Crippen LogP contribution in [0.5, 0.6) is 0 Å². The number of methoxy groups -OCH3 is 1. The molecule has 3 rings (SSSR count). The molecule has 0 aliphatic heterocycles. The molecular weight excluding hydrogens is 402 g/mol. The first kappa shape index (κ1) is 22.7. The molecule has 1 fully saturated rings. The Morgan fingerprint density at radius 2 is 1.97 bits per heavy atom. The number of carbonyl (C=O) groups is 3. The molecule has 2 heterocycles. The molecule has 1 saturated carbocycles. The molecule has 168 valence electrons. The lowest BCUT2D eigenvalue weighted by molar-refractivity contribution is -0.141. The van der Waals surface area contributed by atoms with E-state index >= 15 is 0 Å². The number of ether oxygens (including phenoxy) is 2. The topological polar surface area (TPSA) is 120 Å². The summed E-state index contributed by atoms with van der Waals surface area (Å²) in [6, 6.07) is 1.02. The minimum atomic E-state index is -0.892. The third kappa shape index (κ3) is 5.04. The molecule has 2 N–H and O–H groups in total. The molecule has 1 atom stereocenters. The van der Waals surface area contributed by atoms with Gasteiger partial charge in [0.1, 0.15) is 11.6 Å². The van der Waals surface area contributed by atoms with Crippen molar-refractivity contribution in [3.05, 3.63) is 29.6 Å². The van der Waals surface area contributed by atoms with Crippen LogP contribution < -0.4 is 5.32 Å². The van der Waals surface area contributed by atoms with Crippen LogP contribution in [-0.2, 0) is 20.8 Å². The number of hydrogen-bond donors (Lipinski definition) is 2. The number of aliphatic carboxylic acids is 1. The fourth-order valence-corrected chi connectivity index (χ4v) is 4.05. The summed E-state index contributed by atoms with van der Waals surface area (Å²) in [6.07, 6.45) is 6.01. The number of carboxylic acid groups (broad SMARTS) is 1. The molecule has 0 bridgehead atoms. The van der Waals surface area contributed by atoms with Crippen LogP contribution in [0.3, 0.4) is 0 Å². The number of hydrogen-bond acceptors (Lipinski definition) is 7. The average Bonchev–Trinajstić information content (AvgIpc) is 3.34. The standard InChI is InChI=1S/C22H29N3O6/c1-22(2,3)31-21(29)25-12-15(20(28)30-4)16-14(9-10-23-18(16)25)11-24-17(19(26)27)13-7-5-6-8-13/h9-10,12-13,17,24H,5-8,11H2,1-4H3,(H,26,27)/t17-/m1/s1. The Hall–Kier alpha value is -2.94. The highest BCUT2D eigenvalue weighted by Gasteiger charge is 2.31. The second-order valence-electron chi connectivity index (χ2n) is 8.79. The molecule has 0 spiro atoms. The highest BCUT2D eigenvalue weighted by Crippen LogP contribution is 2.29. The first-order valence-electron chi connectivity index (χ1n) is 10.4. The van der Waals surface area contributed by atoms with E-state index < -0.39 is 29.7 Å². The lowest BCUT2D eigenvalue weighted by Crippen LogP contribution is -2.41. The molecule has 31 heavy (non-hydrogen) atoms. The maximum atomic E-state index is 12.7. The van der Waals surface area contributed by atoms with E-state index in [0.717, 1.165) is 25.7 Å². The molecule has 0 aromatic carbocycles. The van der Waals surface area contributed by atoms with Gasteiger partial charge in [0, 0.05) is 24.3 Å². The van der Waals surface area contributed by atoms with Gasteiger partial charge in [-0.3, -0.25) is 4.79 Å². The Morgan fingerprint density at radius 3 is 2.55 bits per heavy atom. The predicted octanol–water partition coefficient (Wildman–Crippen LogP) is 3.34. The lowest BCUT2D eigenvalue weighted by atomic mass is 9.97. The largest absolute Gasteiger partial charge is 0.480 e. The van der Waals surface area contributed by atoms with E-state index in [1.165, 1.54) is 24.1 Å². The Morgan fingerprint density at radius 1 is 1.29 bits per heavy atom. The van der Waals surface area contributed by atoms with Gasteiger partial charge in [-0.25, -0.2) is 19.1 Å². The molecule has 0 saturated heterocycles. The van der Waals surface area contributed by atoms with Gasteiger partial charge in [0.05, 0.1) is 12.7 Å². The van der Waals surface area contributed by atoms with Crippen LogP contribution in [0.1, 0.15) is 62.4 Å². The monoisotopic (exact) mass is 431 g/mol. The fourth-order valence-electron chi connectivity index (χ4n) is 4.05. The van der Waals surface area contributed by atoms with E-state index in [4.69, 9.17) is 9.47 Å². The van der Waals surface area contributed by atoms with E-state index in [-0.39, 0.29) is 23.7 Å². The van der Waals surface area contributed by atoms with Gasteiger partial charge in [-0.05, 0) is 51.2 Å². The quantitative estimate of drug-likeness (QED) is 0.668. The molecular formula is C22H29N3O6. The SMILES string of the molecule is COC(=O)c1cn(C(=O)OC(C)(C)C)c2nccc(CN[C@@H](C(=O)O)C3CCCC3)c12. The van der Waals surface area contributed by atoms with E-state index in [2.05, 4.69) is 10.3 Å². The van der Waals surface area contributed by atoms with Gasteiger partial charge in [-0.1, -0.05) is 12.8 Å². The Balaban J connectivity index is 1.99. The maximum absolute atomic E-state index is 12.7. The van der Waals surface area contributed by atoms with Crippen molar-refractivity contribution in [1.29, 1.82) is 0 Å². The second-order valence-corrected chi connectivity index (χ2v) is 8.79. The number of nitrogens with one attached hydrogen (secondary N) is 1. The highest BCUT2D eigenvalue weighted by molar-refractivity contribution is 6.06. The molecule has 9 heteroatoms. The molecule has 0 amide bonds. The summed E-state index contributed by atoms with van der Waals surface area (Å²) >= 11 is 0. The molecule has 0 unspecified atom stereocenters. The lowest BCUT2D eigenvalue weighted by Gasteiger charge is -2.21. The highest BCUT2D eigenvalue weighted by atomic mass is 16.6. The van der Waals surface area contributed by atoms with Gasteiger partial charge in [-0.2, -0.15) is 0 Å². The summed E-state index contributed by atoms with van der Waals surface area (Å²) in [4.78, 5) is 41.2. The van der Waals surface area contributed by atoms with Gasteiger partial charge in [0.25, 0.3) is 0 Å². The number of nitrogens with zero attached hydrogens (tertiary/aromatic N) is 2. The normalized spacial score (nSPS) is 15.7. The third-order valence-corrected chi connectivity index (χ3v) is 5.42. The van der Waals surface area contributed by atoms with Crippen molar-refractivity contribution in [2.24, 2.45) is 5.92 Å². The molecule has 2 aromatic heterocycles. The van der Waals surface area contributed by atoms with Crippen LogP contribution in [0.25, 0.3) is 11.0 Å². The van der Waals surface area contributed by atoms with Crippen LogP contribution in [0.15, 0.2) is 18.5 Å². The van der Waals surface area contributed by atoms with Gasteiger partial charge >= 0.3 is 18.0 Å². The molecule has 1 aliphatic rings. The summed E-state index contributed by atoms with van der Waals surface area (Å²) < 4.78 is 11.5. The summed E-state index contributed by atoms with van der Waals surface area (Å²) in [5.74, 6) is -1.44. The van der Waals surface area contributed by atoms with Gasteiger partial charge in [0.2, 0.25) is 0 Å². The molecule has 1 aliphatic carbocycles. The summed E-state index contributed by atoms with van der Waals surface area (Å²) in [7, 11) is 1.26. The van der Waals surface area contributed by atoms with E-state index in [0.29, 0.717) is 10.9 Å². The minimum absolute atomic E-state index is 0.0706. The minimum Gasteiger partial charge on any atom is -0.480 e. The van der Waals surface area contributed by atoms with Crippen molar-refractivity contribution < 1.29 is 29.0 Å². The number of carbonyl (C=O) groups excluding carboxylic acids is 2. The van der Waals surface area contributed by atoms with Gasteiger partial charge in [-0.15, -0.1) is 0 Å². The van der Waals surface area contributed by atoms with Crippen LogP contribution in [0.2, 0.25) is 0 Å². The second kappa shape index (κ2) is 9.05. The summed E-state index contributed by atoms with van der Waals surface area (Å²) in [6.45, 7) is 5.44. The third-order valence-electron chi connectivity index (χ3n) is 5.42. The maximum Gasteiger partial charge on any atom is 0.420 e. The fraction of sp³-hybridized carbons (Fsp3) is 0.545. The zero-order chi connectivity index (χ0) is 22.8. The van der Waals surface area contributed by atoms with Crippen molar-refractivity contribution in [2.45, 2.75) is 64.6 Å². The van der Waals surface area contributed by atoms with Crippen molar-refractivity contribution in [3.63, 3.8) is 0 Å². The number of pyridine rings is 1. The summed E-state index contributed by atoms with van der Waals surface area (Å²) in [5, 5.41) is 13.2. The molecule has 9 nitrogen and oxygen atoms in total. The van der Waals surface area contributed by atoms with Crippen LogP contribution in [0, 0.1) is 5.92 Å². The van der Waals surface area contributed by atoms with Crippen LogP contribution in [-0.4, -0.2) is 51.4 Å². The van der Waals surface area contributed by atoms with Crippen LogP contribution >= 0.6 is 0 Å².